The van der Waals surface area contributed by atoms with Crippen LogP contribution in [0.1, 0.15) is 56.9 Å². The van der Waals surface area contributed by atoms with Crippen LogP contribution in [0.2, 0.25) is 0 Å². The van der Waals surface area contributed by atoms with Gasteiger partial charge in [0.2, 0.25) is 11.8 Å². The smallest absolute Gasteiger partial charge is 0.251 e. The summed E-state index contributed by atoms with van der Waals surface area (Å²) in [6, 6.07) is 7.94. The second-order valence-electron chi connectivity index (χ2n) is 13.5. The van der Waals surface area contributed by atoms with Gasteiger partial charge in [-0.1, -0.05) is 18.2 Å². The lowest BCUT2D eigenvalue weighted by Crippen LogP contribution is -2.62. The van der Waals surface area contributed by atoms with Crippen LogP contribution >= 0.6 is 0 Å². The lowest BCUT2D eigenvalue weighted by atomic mass is 9.80. The molecule has 0 saturated carbocycles. The predicted molar refractivity (Wildman–Crippen MR) is 164 cm³/mol. The lowest BCUT2D eigenvalue weighted by Gasteiger charge is -2.46. The molecular formula is C33H49N5O6. The zero-order valence-corrected chi connectivity index (χ0v) is 25.9. The number of ether oxygens (including phenoxy) is 2. The summed E-state index contributed by atoms with van der Waals surface area (Å²) >= 11 is 0. The third-order valence-corrected chi connectivity index (χ3v) is 10.7. The average Bonchev–Trinajstić information content (AvgIpc) is 3.04. The predicted octanol–water partition coefficient (Wildman–Crippen LogP) is 1.49. The number of hydrogen-bond acceptors (Lipinski definition) is 8. The number of para-hydroxylation sites is 1. The summed E-state index contributed by atoms with van der Waals surface area (Å²) in [5, 5.41) is 16.8. The summed E-state index contributed by atoms with van der Waals surface area (Å²) in [4.78, 5) is 47.3. The number of piperidine rings is 2. The Balaban J connectivity index is 1.16. The molecule has 0 aliphatic carbocycles. The maximum absolute atomic E-state index is 13.6. The number of nitrogens with zero attached hydrogens (tertiary/aromatic N) is 3. The Kier molecular flexibility index (Phi) is 10.0. The molecule has 3 atom stereocenters. The van der Waals surface area contributed by atoms with E-state index in [1.807, 2.05) is 23.1 Å². The van der Waals surface area contributed by atoms with E-state index in [1.165, 1.54) is 0 Å². The van der Waals surface area contributed by atoms with E-state index in [4.69, 9.17) is 9.47 Å². The van der Waals surface area contributed by atoms with Crippen molar-refractivity contribution in [2.24, 2.45) is 11.8 Å². The average molecular weight is 612 g/mol. The topological polar surface area (TPSA) is 124 Å². The molecule has 44 heavy (non-hydrogen) atoms. The van der Waals surface area contributed by atoms with Crippen molar-refractivity contribution in [3.8, 4) is 5.75 Å². The summed E-state index contributed by atoms with van der Waals surface area (Å²) in [7, 11) is 0. The van der Waals surface area contributed by atoms with Crippen molar-refractivity contribution in [3.63, 3.8) is 0 Å². The highest BCUT2D eigenvalue weighted by atomic mass is 16.5. The second kappa shape index (κ2) is 14.1. The maximum atomic E-state index is 13.6. The molecule has 0 aromatic heterocycles. The molecule has 242 valence electrons. The zero-order valence-electron chi connectivity index (χ0n) is 25.9. The van der Waals surface area contributed by atoms with E-state index in [-0.39, 0.29) is 42.5 Å². The van der Waals surface area contributed by atoms with Gasteiger partial charge in [-0.3, -0.25) is 19.3 Å². The van der Waals surface area contributed by atoms with E-state index in [1.54, 1.807) is 6.07 Å². The van der Waals surface area contributed by atoms with Crippen molar-refractivity contribution in [2.45, 2.75) is 75.6 Å². The molecule has 5 aliphatic heterocycles. The molecule has 0 unspecified atom stereocenters. The number of phenols is 1. The first kappa shape index (κ1) is 31.3. The number of benzene rings is 1. The lowest BCUT2D eigenvalue weighted by molar-refractivity contribution is -0.149. The Morgan fingerprint density at radius 2 is 1.70 bits per heavy atom. The summed E-state index contributed by atoms with van der Waals surface area (Å²) in [6.07, 6.45) is 5.03. The monoisotopic (exact) mass is 611 g/mol. The second-order valence-corrected chi connectivity index (χ2v) is 13.5. The van der Waals surface area contributed by atoms with Crippen LogP contribution in [0.15, 0.2) is 24.3 Å². The van der Waals surface area contributed by atoms with E-state index >= 15 is 0 Å². The number of aromatic hydroxyl groups is 1. The molecule has 11 nitrogen and oxygen atoms in total. The third-order valence-electron chi connectivity index (χ3n) is 10.7. The molecule has 0 radical (unpaired) electrons. The molecular weight excluding hydrogens is 562 g/mol. The first-order chi connectivity index (χ1) is 21.4. The van der Waals surface area contributed by atoms with Crippen molar-refractivity contribution in [1.29, 1.82) is 0 Å². The van der Waals surface area contributed by atoms with Crippen molar-refractivity contribution in [2.75, 3.05) is 65.6 Å². The van der Waals surface area contributed by atoms with Gasteiger partial charge in [0.15, 0.2) is 6.10 Å². The van der Waals surface area contributed by atoms with Crippen LogP contribution in [0.25, 0.3) is 0 Å². The van der Waals surface area contributed by atoms with Gasteiger partial charge in [0.25, 0.3) is 5.91 Å². The van der Waals surface area contributed by atoms with E-state index in [0.29, 0.717) is 57.3 Å². The molecule has 1 aromatic carbocycles. The van der Waals surface area contributed by atoms with Crippen LogP contribution in [-0.2, 0) is 30.4 Å². The number of carbonyl (C=O) groups is 3. The quantitative estimate of drug-likeness (QED) is 0.470. The van der Waals surface area contributed by atoms with Gasteiger partial charge >= 0.3 is 0 Å². The number of carbonyl (C=O) groups excluding carboxylic acids is 3. The van der Waals surface area contributed by atoms with E-state index in [0.717, 1.165) is 70.6 Å². The Bertz CT molecular complexity index is 1170. The summed E-state index contributed by atoms with van der Waals surface area (Å²) in [5.74, 6) is 0.545. The first-order valence-electron chi connectivity index (χ1n) is 16.7. The number of likely N-dealkylation sites (tertiary alicyclic amines) is 2. The number of rotatable bonds is 3. The Labute approximate surface area is 260 Å². The van der Waals surface area contributed by atoms with Gasteiger partial charge in [0, 0.05) is 76.9 Å². The van der Waals surface area contributed by atoms with Crippen molar-refractivity contribution in [3.05, 3.63) is 29.8 Å². The highest BCUT2D eigenvalue weighted by Gasteiger charge is 2.42. The molecule has 1 spiro atoms. The van der Waals surface area contributed by atoms with Crippen LogP contribution < -0.4 is 10.6 Å². The molecule has 3 amide bonds. The van der Waals surface area contributed by atoms with E-state index in [9.17, 15) is 19.5 Å². The van der Waals surface area contributed by atoms with Gasteiger partial charge in [0.1, 0.15) is 5.75 Å². The molecule has 6 rings (SSSR count). The molecule has 5 saturated heterocycles. The molecule has 5 aliphatic rings. The highest BCUT2D eigenvalue weighted by Crippen LogP contribution is 2.33. The molecule has 5 fully saturated rings. The van der Waals surface area contributed by atoms with Crippen molar-refractivity contribution < 1.29 is 29.0 Å². The molecule has 11 heteroatoms. The number of amides is 3. The van der Waals surface area contributed by atoms with Gasteiger partial charge in [-0.25, -0.2) is 0 Å². The minimum atomic E-state index is -0.734. The van der Waals surface area contributed by atoms with Gasteiger partial charge in [-0.15, -0.1) is 0 Å². The van der Waals surface area contributed by atoms with Gasteiger partial charge in [0.05, 0.1) is 18.7 Å². The van der Waals surface area contributed by atoms with Crippen LogP contribution in [0, 0.1) is 11.8 Å². The van der Waals surface area contributed by atoms with Crippen LogP contribution in [0.5, 0.6) is 5.75 Å². The molecule has 3 N–H and O–H groups in total. The van der Waals surface area contributed by atoms with Crippen LogP contribution in [0.3, 0.4) is 0 Å². The standard InChI is InChI=1S/C33H49N5O6/c39-28-4-2-1-3-26(28)22-36-12-6-24-19-31(41)38-15-18-44-29(23-38)32(42)35-33(20-30(40)34-11-5-25(24)21-36)9-13-37(14-10-33)27-7-16-43-17-8-27/h1-4,24-25,27,29,39H,5-23H2,(H,34,40)(H,35,42)/t24-,25-,29-/m0/s1. The fraction of sp³-hybridized carbons (Fsp3) is 0.727. The molecule has 2 bridgehead atoms. The van der Waals surface area contributed by atoms with Crippen molar-refractivity contribution >= 4 is 17.7 Å². The third kappa shape index (κ3) is 7.55. The minimum absolute atomic E-state index is 0.0413. The van der Waals surface area contributed by atoms with E-state index in [2.05, 4.69) is 20.4 Å². The SMILES string of the molecule is O=C1CC2(CCN(C3CCOCC3)CC2)NC(=O)[C@@H]2CN(CCO2)C(=O)C[C@@H]2CCN(Cc3ccccc3O)C[C@@H]2CCN1. The Morgan fingerprint density at radius 1 is 0.909 bits per heavy atom. The van der Waals surface area contributed by atoms with E-state index < -0.39 is 11.6 Å². The Hall–Kier alpha value is -2.73. The van der Waals surface area contributed by atoms with Gasteiger partial charge in [-0.2, -0.15) is 0 Å². The number of phenolic OH excluding ortho intramolecular Hbond substituents is 1. The normalized spacial score (nSPS) is 30.1. The Morgan fingerprint density at radius 3 is 2.50 bits per heavy atom. The first-order valence-corrected chi connectivity index (χ1v) is 16.7. The van der Waals surface area contributed by atoms with Crippen molar-refractivity contribution in [1.82, 2.24) is 25.3 Å². The zero-order chi connectivity index (χ0) is 30.5. The van der Waals surface area contributed by atoms with Crippen LogP contribution in [-0.4, -0.2) is 121 Å². The fourth-order valence-corrected chi connectivity index (χ4v) is 7.99. The number of hydrogen-bond donors (Lipinski definition) is 3. The largest absolute Gasteiger partial charge is 0.508 e. The number of nitrogens with one attached hydrogen (secondary N) is 2. The summed E-state index contributed by atoms with van der Waals surface area (Å²) in [6.45, 7) is 7.13. The summed E-state index contributed by atoms with van der Waals surface area (Å²) < 4.78 is 11.5. The molecule has 1 aromatic rings. The van der Waals surface area contributed by atoms with Gasteiger partial charge < -0.3 is 35.0 Å². The number of fused-ring (bicyclic) bond motifs is 3. The highest BCUT2D eigenvalue weighted by molar-refractivity contribution is 5.85. The minimum Gasteiger partial charge on any atom is -0.508 e. The summed E-state index contributed by atoms with van der Waals surface area (Å²) in [5.41, 5.74) is 0.262. The number of morpholine rings is 1. The van der Waals surface area contributed by atoms with Crippen LogP contribution in [0.4, 0.5) is 0 Å². The van der Waals surface area contributed by atoms with Gasteiger partial charge in [-0.05, 0) is 63.0 Å². The fourth-order valence-electron chi connectivity index (χ4n) is 7.99. The maximum Gasteiger partial charge on any atom is 0.251 e. The molecule has 5 heterocycles.